The van der Waals surface area contributed by atoms with Gasteiger partial charge in [0.15, 0.2) is 0 Å². The van der Waals surface area contributed by atoms with Gasteiger partial charge in [-0.15, -0.1) is 0 Å². The van der Waals surface area contributed by atoms with Crippen LogP contribution >= 0.6 is 0 Å². The molecular formula is C9H15N. The summed E-state index contributed by atoms with van der Waals surface area (Å²) in [6, 6.07) is 0. The molecule has 0 aromatic heterocycles. The van der Waals surface area contributed by atoms with Crippen LogP contribution in [0.15, 0.2) is 23.9 Å². The van der Waals surface area contributed by atoms with Gasteiger partial charge in [-0.05, 0) is 25.3 Å². The van der Waals surface area contributed by atoms with E-state index in [0.29, 0.717) is 0 Å². The molecule has 0 spiro atoms. The van der Waals surface area contributed by atoms with Gasteiger partial charge in [-0.3, -0.25) is 0 Å². The van der Waals surface area contributed by atoms with Crippen LogP contribution in [0.5, 0.6) is 0 Å². The van der Waals surface area contributed by atoms with Gasteiger partial charge >= 0.3 is 0 Å². The lowest BCUT2D eigenvalue weighted by molar-refractivity contribution is 0.478. The number of hydrogen-bond acceptors (Lipinski definition) is 1. The van der Waals surface area contributed by atoms with Crippen LogP contribution in [-0.4, -0.2) is 18.5 Å². The van der Waals surface area contributed by atoms with E-state index in [2.05, 4.69) is 25.5 Å². The molecular weight excluding hydrogens is 122 g/mol. The summed E-state index contributed by atoms with van der Waals surface area (Å²) < 4.78 is 0. The molecule has 0 radical (unpaired) electrons. The summed E-state index contributed by atoms with van der Waals surface area (Å²) in [5, 5.41) is 0. The molecule has 1 aliphatic heterocycles. The average molecular weight is 137 g/mol. The predicted molar refractivity (Wildman–Crippen MR) is 44.8 cm³/mol. The molecule has 0 bridgehead atoms. The molecule has 1 aliphatic rings. The first kappa shape index (κ1) is 7.39. The Bertz CT molecular complexity index is 168. The zero-order chi connectivity index (χ0) is 7.56. The summed E-state index contributed by atoms with van der Waals surface area (Å²) in [6.45, 7) is 7.09. The van der Waals surface area contributed by atoms with E-state index in [-0.39, 0.29) is 0 Å². The SMILES string of the molecule is C=C/C(C)=C1/CCCN1C. The Labute approximate surface area is 63.0 Å². The molecule has 1 nitrogen and oxygen atoms in total. The molecule has 0 aliphatic carbocycles. The van der Waals surface area contributed by atoms with E-state index in [4.69, 9.17) is 0 Å². The van der Waals surface area contributed by atoms with Crippen molar-refractivity contribution in [3.05, 3.63) is 23.9 Å². The minimum atomic E-state index is 1.21. The summed E-state index contributed by atoms with van der Waals surface area (Å²) in [5.41, 5.74) is 2.80. The summed E-state index contributed by atoms with van der Waals surface area (Å²) in [4.78, 5) is 2.32. The first-order valence-corrected chi connectivity index (χ1v) is 3.79. The van der Waals surface area contributed by atoms with Crippen LogP contribution in [0.2, 0.25) is 0 Å². The minimum absolute atomic E-state index is 1.21. The average Bonchev–Trinajstić information content (AvgIpc) is 2.34. The zero-order valence-corrected chi connectivity index (χ0v) is 6.85. The van der Waals surface area contributed by atoms with E-state index >= 15 is 0 Å². The molecule has 56 valence electrons. The second kappa shape index (κ2) is 2.91. The van der Waals surface area contributed by atoms with Gasteiger partial charge in [0.2, 0.25) is 0 Å². The summed E-state index contributed by atoms with van der Waals surface area (Å²) in [5.74, 6) is 0. The summed E-state index contributed by atoms with van der Waals surface area (Å²) in [7, 11) is 2.15. The molecule has 0 atom stereocenters. The van der Waals surface area contributed by atoms with E-state index in [1.165, 1.54) is 30.7 Å². The number of hydrogen-bond donors (Lipinski definition) is 0. The van der Waals surface area contributed by atoms with Crippen molar-refractivity contribution in [1.82, 2.24) is 4.90 Å². The van der Waals surface area contributed by atoms with Crippen LogP contribution in [0.1, 0.15) is 19.8 Å². The smallest absolute Gasteiger partial charge is 0.0175 e. The molecule has 10 heavy (non-hydrogen) atoms. The molecule has 0 saturated carbocycles. The molecule has 1 rings (SSSR count). The van der Waals surface area contributed by atoms with E-state index in [9.17, 15) is 0 Å². The third kappa shape index (κ3) is 1.23. The van der Waals surface area contributed by atoms with Gasteiger partial charge in [-0.1, -0.05) is 12.7 Å². The maximum Gasteiger partial charge on any atom is 0.0175 e. The zero-order valence-electron chi connectivity index (χ0n) is 6.85. The van der Waals surface area contributed by atoms with Gasteiger partial charge in [-0.2, -0.15) is 0 Å². The third-order valence-electron chi connectivity index (χ3n) is 2.13. The lowest BCUT2D eigenvalue weighted by Crippen LogP contribution is -2.10. The standard InChI is InChI=1S/C9H15N/c1-4-8(2)9-6-5-7-10(9)3/h4H,1,5-7H2,2-3H3/b9-8-. The Hall–Kier alpha value is -0.720. The molecule has 0 aromatic carbocycles. The second-order valence-corrected chi connectivity index (χ2v) is 2.86. The molecule has 0 N–H and O–H groups in total. The van der Waals surface area contributed by atoms with Crippen LogP contribution in [-0.2, 0) is 0 Å². The Balaban J connectivity index is 2.79. The normalized spacial score (nSPS) is 23.2. The molecule has 1 heterocycles. The van der Waals surface area contributed by atoms with Crippen molar-refractivity contribution < 1.29 is 0 Å². The number of allylic oxidation sites excluding steroid dienone is 3. The van der Waals surface area contributed by atoms with Gasteiger partial charge in [0.05, 0.1) is 0 Å². The number of likely N-dealkylation sites (tertiary alicyclic amines) is 1. The van der Waals surface area contributed by atoms with Crippen molar-refractivity contribution in [3.63, 3.8) is 0 Å². The van der Waals surface area contributed by atoms with Crippen molar-refractivity contribution in [2.45, 2.75) is 19.8 Å². The molecule has 0 amide bonds. The Morgan fingerprint density at radius 2 is 2.40 bits per heavy atom. The number of nitrogens with zero attached hydrogens (tertiary/aromatic N) is 1. The van der Waals surface area contributed by atoms with E-state index < -0.39 is 0 Å². The molecule has 0 unspecified atom stereocenters. The fourth-order valence-corrected chi connectivity index (χ4v) is 1.43. The predicted octanol–water partition coefficient (Wildman–Crippen LogP) is 2.17. The first-order chi connectivity index (χ1) is 4.75. The highest BCUT2D eigenvalue weighted by molar-refractivity contribution is 5.22. The van der Waals surface area contributed by atoms with Gasteiger partial charge in [0, 0.05) is 19.3 Å². The molecule has 1 fully saturated rings. The lowest BCUT2D eigenvalue weighted by Gasteiger charge is -2.13. The highest BCUT2D eigenvalue weighted by Gasteiger charge is 2.13. The number of rotatable bonds is 1. The van der Waals surface area contributed by atoms with Crippen molar-refractivity contribution in [1.29, 1.82) is 0 Å². The van der Waals surface area contributed by atoms with Crippen molar-refractivity contribution in [3.8, 4) is 0 Å². The maximum absolute atomic E-state index is 3.76. The lowest BCUT2D eigenvalue weighted by atomic mass is 10.2. The maximum atomic E-state index is 3.76. The highest BCUT2D eigenvalue weighted by atomic mass is 15.1. The van der Waals surface area contributed by atoms with Crippen molar-refractivity contribution >= 4 is 0 Å². The largest absolute Gasteiger partial charge is 0.378 e. The van der Waals surface area contributed by atoms with E-state index in [0.717, 1.165) is 0 Å². The topological polar surface area (TPSA) is 3.24 Å². The fraction of sp³-hybridized carbons (Fsp3) is 0.556. The van der Waals surface area contributed by atoms with E-state index in [1.807, 2.05) is 6.08 Å². The van der Waals surface area contributed by atoms with Crippen LogP contribution in [0.25, 0.3) is 0 Å². The van der Waals surface area contributed by atoms with Crippen molar-refractivity contribution in [2.24, 2.45) is 0 Å². The molecule has 1 heteroatoms. The van der Waals surface area contributed by atoms with Crippen LogP contribution in [0.4, 0.5) is 0 Å². The molecule has 1 saturated heterocycles. The quantitative estimate of drug-likeness (QED) is 0.535. The summed E-state index contributed by atoms with van der Waals surface area (Å²) >= 11 is 0. The van der Waals surface area contributed by atoms with Gasteiger partial charge in [-0.25, -0.2) is 0 Å². The highest BCUT2D eigenvalue weighted by Crippen LogP contribution is 2.22. The van der Waals surface area contributed by atoms with Crippen LogP contribution in [0, 0.1) is 0 Å². The van der Waals surface area contributed by atoms with Gasteiger partial charge in [0.1, 0.15) is 0 Å². The molecule has 0 aromatic rings. The Morgan fingerprint density at radius 3 is 2.80 bits per heavy atom. The van der Waals surface area contributed by atoms with Gasteiger partial charge < -0.3 is 4.90 Å². The fourth-order valence-electron chi connectivity index (χ4n) is 1.43. The minimum Gasteiger partial charge on any atom is -0.378 e. The van der Waals surface area contributed by atoms with Crippen LogP contribution in [0.3, 0.4) is 0 Å². The van der Waals surface area contributed by atoms with Crippen LogP contribution < -0.4 is 0 Å². The first-order valence-electron chi connectivity index (χ1n) is 3.79. The van der Waals surface area contributed by atoms with Gasteiger partial charge in [0.25, 0.3) is 0 Å². The Kier molecular flexibility index (Phi) is 2.15. The monoisotopic (exact) mass is 137 g/mol. The third-order valence-corrected chi connectivity index (χ3v) is 2.13. The van der Waals surface area contributed by atoms with Crippen molar-refractivity contribution in [2.75, 3.05) is 13.6 Å². The summed E-state index contributed by atoms with van der Waals surface area (Å²) in [6.07, 6.45) is 4.47. The van der Waals surface area contributed by atoms with E-state index in [1.54, 1.807) is 0 Å². The second-order valence-electron chi connectivity index (χ2n) is 2.86. The Morgan fingerprint density at radius 1 is 1.70 bits per heavy atom.